The van der Waals surface area contributed by atoms with Crippen LogP contribution in [0.4, 0.5) is 4.39 Å². The number of oxime groups is 1. The minimum Gasteiger partial charge on any atom is -0.461 e. The van der Waals surface area contributed by atoms with E-state index in [0.717, 1.165) is 25.7 Å². The molecule has 0 N–H and O–H groups in total. The number of carbonyl (C=O) groups is 1. The topological polar surface area (TPSA) is 47.9 Å². The Morgan fingerprint density at radius 1 is 1.17 bits per heavy atom. The van der Waals surface area contributed by atoms with Gasteiger partial charge in [-0.2, -0.15) is 0 Å². The summed E-state index contributed by atoms with van der Waals surface area (Å²) in [5, 5.41) is 4.04. The Bertz CT molecular complexity index is 578. The van der Waals surface area contributed by atoms with Gasteiger partial charge >= 0.3 is 5.97 Å². The molecule has 0 amide bonds. The molecule has 1 saturated carbocycles. The first-order chi connectivity index (χ1) is 11.6. The van der Waals surface area contributed by atoms with E-state index in [1.807, 2.05) is 6.92 Å². The van der Waals surface area contributed by atoms with Crippen molar-refractivity contribution in [2.24, 2.45) is 5.16 Å². The maximum atomic E-state index is 14.1. The van der Waals surface area contributed by atoms with Crippen LogP contribution in [-0.4, -0.2) is 23.9 Å². The molecule has 1 aliphatic rings. The zero-order valence-corrected chi connectivity index (χ0v) is 14.5. The Morgan fingerprint density at radius 3 is 2.42 bits per heavy atom. The highest BCUT2D eigenvalue weighted by atomic mass is 19.1. The van der Waals surface area contributed by atoms with E-state index < -0.39 is 17.4 Å². The number of hydrogen-bond acceptors (Lipinski definition) is 4. The van der Waals surface area contributed by atoms with Crippen molar-refractivity contribution in [3.63, 3.8) is 0 Å². The van der Waals surface area contributed by atoms with Gasteiger partial charge in [-0.25, -0.2) is 9.18 Å². The summed E-state index contributed by atoms with van der Waals surface area (Å²) in [4.78, 5) is 18.0. The monoisotopic (exact) mass is 335 g/mol. The van der Waals surface area contributed by atoms with Gasteiger partial charge in [-0.15, -0.1) is 0 Å². The fraction of sp³-hybridized carbons (Fsp3) is 0.579. The number of benzene rings is 1. The molecular weight excluding hydrogens is 309 g/mol. The van der Waals surface area contributed by atoms with E-state index in [9.17, 15) is 9.18 Å². The van der Waals surface area contributed by atoms with Crippen LogP contribution >= 0.6 is 0 Å². The van der Waals surface area contributed by atoms with Gasteiger partial charge in [0.2, 0.25) is 0 Å². The van der Waals surface area contributed by atoms with Gasteiger partial charge in [-0.1, -0.05) is 36.6 Å². The number of carbonyl (C=O) groups excluding carboxylic acids is 1. The predicted octanol–water partition coefficient (Wildman–Crippen LogP) is 4.61. The molecular formula is C19H26FNO3. The van der Waals surface area contributed by atoms with Crippen LogP contribution in [0.5, 0.6) is 0 Å². The van der Waals surface area contributed by atoms with Crippen molar-refractivity contribution in [2.45, 2.75) is 64.4 Å². The van der Waals surface area contributed by atoms with Crippen molar-refractivity contribution < 1.29 is 18.8 Å². The van der Waals surface area contributed by atoms with Crippen LogP contribution in [0.3, 0.4) is 0 Å². The molecule has 0 aliphatic heterocycles. The fourth-order valence-electron chi connectivity index (χ4n) is 2.95. The van der Waals surface area contributed by atoms with Crippen LogP contribution in [0.1, 0.15) is 64.4 Å². The lowest BCUT2D eigenvalue weighted by Gasteiger charge is -2.29. The quantitative estimate of drug-likeness (QED) is 0.448. The van der Waals surface area contributed by atoms with Gasteiger partial charge in [0.05, 0.1) is 6.61 Å². The number of nitrogens with zero attached hydrogens (tertiary/aromatic N) is 1. The second kappa shape index (κ2) is 8.81. The lowest BCUT2D eigenvalue weighted by atomic mass is 9.89. The number of ether oxygens (including phenoxy) is 1. The van der Waals surface area contributed by atoms with Gasteiger partial charge in [-0.05, 0) is 51.7 Å². The van der Waals surface area contributed by atoms with E-state index in [1.165, 1.54) is 31.4 Å². The average molecular weight is 335 g/mol. The summed E-state index contributed by atoms with van der Waals surface area (Å²) in [6.07, 6.45) is 7.51. The molecule has 1 fully saturated rings. The molecule has 0 saturated heterocycles. The molecule has 0 unspecified atom stereocenters. The molecule has 0 atom stereocenters. The van der Waals surface area contributed by atoms with E-state index in [-0.39, 0.29) is 17.9 Å². The van der Waals surface area contributed by atoms with Gasteiger partial charge in [0.25, 0.3) is 0 Å². The second-order valence-corrected chi connectivity index (χ2v) is 6.45. The number of esters is 1. The molecule has 0 radical (unpaired) electrons. The molecule has 0 spiro atoms. The van der Waals surface area contributed by atoms with Crippen LogP contribution in [-0.2, 0) is 14.4 Å². The zero-order valence-electron chi connectivity index (χ0n) is 14.5. The second-order valence-electron chi connectivity index (χ2n) is 6.45. The Balaban J connectivity index is 2.24. The van der Waals surface area contributed by atoms with Crippen LogP contribution < -0.4 is 0 Å². The van der Waals surface area contributed by atoms with Crippen molar-refractivity contribution in [3.8, 4) is 0 Å². The van der Waals surface area contributed by atoms with Crippen LogP contribution in [0.15, 0.2) is 29.4 Å². The maximum Gasteiger partial charge on any atom is 0.361 e. The maximum absolute atomic E-state index is 14.1. The summed E-state index contributed by atoms with van der Waals surface area (Å²) < 4.78 is 19.1. The molecule has 1 aromatic carbocycles. The Hall–Kier alpha value is -1.91. The van der Waals surface area contributed by atoms with Crippen molar-refractivity contribution in [1.82, 2.24) is 0 Å². The highest BCUT2D eigenvalue weighted by Gasteiger charge is 2.28. The van der Waals surface area contributed by atoms with E-state index in [1.54, 1.807) is 19.1 Å². The minimum absolute atomic E-state index is 0.102. The van der Waals surface area contributed by atoms with Crippen LogP contribution in [0.2, 0.25) is 0 Å². The smallest absolute Gasteiger partial charge is 0.361 e. The number of rotatable bonds is 5. The van der Waals surface area contributed by atoms with Gasteiger partial charge in [0.1, 0.15) is 11.4 Å². The van der Waals surface area contributed by atoms with Crippen LogP contribution in [0.25, 0.3) is 0 Å². The molecule has 0 aromatic heterocycles. The molecule has 4 nitrogen and oxygen atoms in total. The van der Waals surface area contributed by atoms with Gasteiger partial charge in [0, 0.05) is 5.56 Å². The minimum atomic E-state index is -0.669. The first kappa shape index (κ1) is 18.4. The van der Waals surface area contributed by atoms with E-state index in [4.69, 9.17) is 9.57 Å². The molecule has 2 rings (SSSR count). The van der Waals surface area contributed by atoms with Crippen molar-refractivity contribution in [1.29, 1.82) is 0 Å². The first-order valence-electron chi connectivity index (χ1n) is 8.74. The third kappa shape index (κ3) is 5.05. The predicted molar refractivity (Wildman–Crippen MR) is 91.4 cm³/mol. The lowest BCUT2D eigenvalue weighted by Crippen LogP contribution is -2.29. The molecule has 0 heterocycles. The van der Waals surface area contributed by atoms with Gasteiger partial charge < -0.3 is 9.57 Å². The lowest BCUT2D eigenvalue weighted by molar-refractivity contribution is -0.135. The highest BCUT2D eigenvalue weighted by molar-refractivity contribution is 6.43. The highest BCUT2D eigenvalue weighted by Crippen LogP contribution is 2.29. The molecule has 1 aromatic rings. The molecule has 1 aliphatic carbocycles. The van der Waals surface area contributed by atoms with Crippen molar-refractivity contribution >= 4 is 11.7 Å². The van der Waals surface area contributed by atoms with Gasteiger partial charge in [0.15, 0.2) is 5.71 Å². The summed E-state index contributed by atoms with van der Waals surface area (Å²) in [5.41, 5.74) is -0.438. The summed E-state index contributed by atoms with van der Waals surface area (Å²) >= 11 is 0. The fourth-order valence-corrected chi connectivity index (χ4v) is 2.95. The third-order valence-corrected chi connectivity index (χ3v) is 4.37. The first-order valence-corrected chi connectivity index (χ1v) is 8.74. The molecule has 5 heteroatoms. The average Bonchev–Trinajstić information content (AvgIpc) is 2.54. The largest absolute Gasteiger partial charge is 0.461 e. The van der Waals surface area contributed by atoms with Crippen molar-refractivity contribution in [2.75, 3.05) is 6.61 Å². The molecule has 0 bridgehead atoms. The molecule has 24 heavy (non-hydrogen) atoms. The normalized spacial score (nSPS) is 18.4. The van der Waals surface area contributed by atoms with Gasteiger partial charge in [-0.3, -0.25) is 0 Å². The SMILES string of the molecule is CCOC(=O)C(=NOC1(C)CCCCCCC1)c1ccccc1F. The standard InChI is InChI=1S/C19H26FNO3/c1-3-23-18(22)17(15-11-7-8-12-16(15)20)21-24-19(2)13-9-5-4-6-10-14-19/h7-8,11-12H,3-6,9-10,13-14H2,1-2H3. The van der Waals surface area contributed by atoms with E-state index >= 15 is 0 Å². The molecule has 132 valence electrons. The Kier molecular flexibility index (Phi) is 6.76. The number of halogens is 1. The summed E-state index contributed by atoms with van der Waals surface area (Å²) in [6, 6.07) is 6.03. The van der Waals surface area contributed by atoms with Crippen LogP contribution in [0, 0.1) is 5.82 Å². The summed E-state index contributed by atoms with van der Waals surface area (Å²) in [6.45, 7) is 3.91. The number of hydrogen-bond donors (Lipinski definition) is 0. The third-order valence-electron chi connectivity index (χ3n) is 4.37. The zero-order chi connectivity index (χ0) is 17.4. The van der Waals surface area contributed by atoms with Crippen molar-refractivity contribution in [3.05, 3.63) is 35.6 Å². The Labute approximate surface area is 143 Å². The Morgan fingerprint density at radius 2 is 1.79 bits per heavy atom. The van der Waals surface area contributed by atoms with E-state index in [2.05, 4.69) is 5.16 Å². The van der Waals surface area contributed by atoms with E-state index in [0.29, 0.717) is 0 Å². The summed E-state index contributed by atoms with van der Waals surface area (Å²) in [5.74, 6) is -1.19. The summed E-state index contributed by atoms with van der Waals surface area (Å²) in [7, 11) is 0.